The molecule has 37 heavy (non-hydrogen) atoms. The summed E-state index contributed by atoms with van der Waals surface area (Å²) in [5.74, 6) is 2.13. The highest BCUT2D eigenvalue weighted by molar-refractivity contribution is 5.75. The summed E-state index contributed by atoms with van der Waals surface area (Å²) >= 11 is 0. The van der Waals surface area contributed by atoms with Crippen molar-refractivity contribution < 1.29 is 20.1 Å². The van der Waals surface area contributed by atoms with Crippen molar-refractivity contribution in [3.8, 4) is 0 Å². The molecular formula is C32H49NO4. The Hall–Kier alpha value is -1.43. The molecule has 4 saturated carbocycles. The molecule has 4 aliphatic carbocycles. The van der Waals surface area contributed by atoms with Crippen molar-refractivity contribution in [2.45, 2.75) is 103 Å². The topological polar surface area (TPSA) is 81.0 Å². The first-order valence-corrected chi connectivity index (χ1v) is 14.9. The van der Waals surface area contributed by atoms with Crippen LogP contribution in [0.5, 0.6) is 0 Å². The highest BCUT2D eigenvalue weighted by atomic mass is 16.3. The third-order valence-electron chi connectivity index (χ3n) is 12.0. The number of amides is 1. The molecule has 1 aromatic rings. The van der Waals surface area contributed by atoms with Gasteiger partial charge >= 0.3 is 0 Å². The van der Waals surface area contributed by atoms with Crippen LogP contribution in [-0.4, -0.2) is 51.5 Å². The minimum absolute atomic E-state index is 0.102. The third kappa shape index (κ3) is 4.67. The van der Waals surface area contributed by atoms with Crippen LogP contribution >= 0.6 is 0 Å². The van der Waals surface area contributed by atoms with Crippen molar-refractivity contribution in [3.63, 3.8) is 0 Å². The van der Waals surface area contributed by atoms with E-state index in [1.165, 1.54) is 0 Å². The molecule has 4 aliphatic rings. The zero-order chi connectivity index (χ0) is 26.5. The van der Waals surface area contributed by atoms with Crippen LogP contribution in [-0.2, 0) is 11.3 Å². The predicted molar refractivity (Wildman–Crippen MR) is 145 cm³/mol. The summed E-state index contributed by atoms with van der Waals surface area (Å²) in [7, 11) is 1.89. The first kappa shape index (κ1) is 27.1. The average Bonchev–Trinajstić information content (AvgIpc) is 3.23. The lowest BCUT2D eigenvalue weighted by atomic mass is 9.43. The summed E-state index contributed by atoms with van der Waals surface area (Å²) < 4.78 is 0. The fraction of sp³-hybridized carbons (Fsp3) is 0.781. The number of carbonyl (C=O) groups is 1. The number of aliphatic hydroxyl groups is 3. The quantitative estimate of drug-likeness (QED) is 0.501. The zero-order valence-corrected chi connectivity index (χ0v) is 23.4. The molecule has 4 fully saturated rings. The van der Waals surface area contributed by atoms with Crippen molar-refractivity contribution in [3.05, 3.63) is 35.9 Å². The van der Waals surface area contributed by atoms with Crippen LogP contribution in [0.25, 0.3) is 0 Å². The van der Waals surface area contributed by atoms with Crippen molar-refractivity contribution in [1.82, 2.24) is 4.90 Å². The standard InChI is InChI=1S/C32H49NO4/c1-20(10-13-29(37)33(4)19-21-8-6-5-7-9-21)24-11-12-25-30-26(18-28(36)32(24,25)3)31(2)15-14-23(34)16-22(31)17-27(30)35/h5-9,20,22-28,30,34-36H,10-19H2,1-4H3/t20?,22?,23-,24-,25+,26+,27-,28+,30?,31+,32-/m1/s1. The number of nitrogens with zero attached hydrogens (tertiary/aromatic N) is 1. The summed E-state index contributed by atoms with van der Waals surface area (Å²) in [4.78, 5) is 14.8. The number of carbonyl (C=O) groups excluding carboxylic acids is 1. The van der Waals surface area contributed by atoms with Gasteiger partial charge < -0.3 is 20.2 Å². The lowest BCUT2D eigenvalue weighted by Gasteiger charge is -2.63. The van der Waals surface area contributed by atoms with Gasteiger partial charge in [0.2, 0.25) is 5.91 Å². The molecule has 0 saturated heterocycles. The Morgan fingerprint density at radius 2 is 1.76 bits per heavy atom. The van der Waals surface area contributed by atoms with Gasteiger partial charge in [0.1, 0.15) is 0 Å². The highest BCUT2D eigenvalue weighted by Crippen LogP contribution is 2.68. The molecule has 5 rings (SSSR count). The largest absolute Gasteiger partial charge is 0.393 e. The first-order chi connectivity index (χ1) is 17.6. The average molecular weight is 512 g/mol. The van der Waals surface area contributed by atoms with Gasteiger partial charge in [-0.1, -0.05) is 51.1 Å². The smallest absolute Gasteiger partial charge is 0.222 e. The Balaban J connectivity index is 1.26. The van der Waals surface area contributed by atoms with E-state index < -0.39 is 0 Å². The van der Waals surface area contributed by atoms with Gasteiger partial charge in [0.15, 0.2) is 0 Å². The molecule has 206 valence electrons. The van der Waals surface area contributed by atoms with Crippen LogP contribution in [0.2, 0.25) is 0 Å². The van der Waals surface area contributed by atoms with E-state index in [4.69, 9.17) is 0 Å². The van der Waals surface area contributed by atoms with Crippen molar-refractivity contribution in [1.29, 1.82) is 0 Å². The third-order valence-corrected chi connectivity index (χ3v) is 12.0. The Morgan fingerprint density at radius 1 is 1.03 bits per heavy atom. The van der Waals surface area contributed by atoms with Gasteiger partial charge in [-0.25, -0.2) is 0 Å². The highest BCUT2D eigenvalue weighted by Gasteiger charge is 2.65. The molecule has 3 N–H and O–H groups in total. The molecule has 5 nitrogen and oxygen atoms in total. The molecule has 0 aliphatic heterocycles. The van der Waals surface area contributed by atoms with E-state index in [9.17, 15) is 20.1 Å². The fourth-order valence-corrected chi connectivity index (χ4v) is 9.82. The van der Waals surface area contributed by atoms with Crippen LogP contribution < -0.4 is 0 Å². The maximum atomic E-state index is 12.9. The number of fused-ring (bicyclic) bond motifs is 5. The van der Waals surface area contributed by atoms with Crippen LogP contribution in [0.3, 0.4) is 0 Å². The van der Waals surface area contributed by atoms with E-state index in [0.29, 0.717) is 42.6 Å². The lowest BCUT2D eigenvalue weighted by Crippen LogP contribution is -2.62. The Labute approximate surface area is 223 Å². The Kier molecular flexibility index (Phi) is 7.54. The predicted octanol–water partition coefficient (Wildman–Crippen LogP) is 5.02. The van der Waals surface area contributed by atoms with Gasteiger partial charge in [-0.05, 0) is 103 Å². The SMILES string of the molecule is CC(CCC(=O)N(C)Cc1ccccc1)[C@H]1CC[C@H]2C3[C@H](O)CC4C[C@H](O)CC[C@]4(C)[C@H]3C[C@H](O)[C@]12C. The van der Waals surface area contributed by atoms with Crippen molar-refractivity contribution in [2.75, 3.05) is 7.05 Å². The molecule has 1 aromatic carbocycles. The first-order valence-electron chi connectivity index (χ1n) is 14.9. The van der Waals surface area contributed by atoms with Crippen molar-refractivity contribution >= 4 is 5.91 Å². The second-order valence-electron chi connectivity index (χ2n) is 13.8. The molecule has 0 radical (unpaired) electrons. The Bertz CT molecular complexity index is 953. The summed E-state index contributed by atoms with van der Waals surface area (Å²) in [5.41, 5.74) is 1.04. The van der Waals surface area contributed by atoms with Gasteiger partial charge in [0.25, 0.3) is 0 Å². The molecule has 11 atom stereocenters. The van der Waals surface area contributed by atoms with Gasteiger partial charge in [0.05, 0.1) is 18.3 Å². The fourth-order valence-electron chi connectivity index (χ4n) is 9.82. The second-order valence-corrected chi connectivity index (χ2v) is 13.8. The van der Waals surface area contributed by atoms with E-state index in [-0.39, 0.29) is 41.0 Å². The van der Waals surface area contributed by atoms with E-state index in [0.717, 1.165) is 56.9 Å². The molecular weight excluding hydrogens is 462 g/mol. The maximum absolute atomic E-state index is 12.9. The van der Waals surface area contributed by atoms with E-state index >= 15 is 0 Å². The summed E-state index contributed by atoms with van der Waals surface area (Å²) in [6, 6.07) is 10.1. The molecule has 0 spiro atoms. The zero-order valence-electron chi connectivity index (χ0n) is 23.4. The number of aliphatic hydroxyl groups excluding tert-OH is 3. The van der Waals surface area contributed by atoms with Gasteiger partial charge in [-0.3, -0.25) is 4.79 Å². The summed E-state index contributed by atoms with van der Waals surface area (Å²) in [6.45, 7) is 7.59. The van der Waals surface area contributed by atoms with Gasteiger partial charge in [-0.15, -0.1) is 0 Å². The van der Waals surface area contributed by atoms with Crippen LogP contribution in [0.4, 0.5) is 0 Å². The lowest BCUT2D eigenvalue weighted by molar-refractivity contribution is -0.207. The van der Waals surface area contributed by atoms with E-state index in [1.54, 1.807) is 0 Å². The molecule has 0 heterocycles. The Morgan fingerprint density at radius 3 is 2.49 bits per heavy atom. The van der Waals surface area contributed by atoms with Crippen molar-refractivity contribution in [2.24, 2.45) is 46.3 Å². The maximum Gasteiger partial charge on any atom is 0.222 e. The molecule has 5 heteroatoms. The number of rotatable bonds is 6. The monoisotopic (exact) mass is 511 g/mol. The van der Waals surface area contributed by atoms with E-state index in [2.05, 4.69) is 32.9 Å². The number of benzene rings is 1. The molecule has 0 aromatic heterocycles. The minimum atomic E-state index is -0.375. The molecule has 3 unspecified atom stereocenters. The van der Waals surface area contributed by atoms with Crippen LogP contribution in [0.15, 0.2) is 30.3 Å². The van der Waals surface area contributed by atoms with Crippen LogP contribution in [0, 0.1) is 46.3 Å². The molecule has 0 bridgehead atoms. The van der Waals surface area contributed by atoms with Gasteiger partial charge in [-0.2, -0.15) is 0 Å². The van der Waals surface area contributed by atoms with Gasteiger partial charge in [0, 0.05) is 20.0 Å². The van der Waals surface area contributed by atoms with Crippen LogP contribution in [0.1, 0.15) is 84.1 Å². The summed E-state index contributed by atoms with van der Waals surface area (Å²) in [6.07, 6.45) is 6.74. The molecule has 1 amide bonds. The minimum Gasteiger partial charge on any atom is -0.393 e. The second kappa shape index (κ2) is 10.3. The summed E-state index contributed by atoms with van der Waals surface area (Å²) in [5, 5.41) is 33.5. The number of hydrogen-bond acceptors (Lipinski definition) is 4. The normalized spacial score (nSPS) is 43.9. The number of hydrogen-bond donors (Lipinski definition) is 3. The van der Waals surface area contributed by atoms with E-state index in [1.807, 2.05) is 30.1 Å².